The van der Waals surface area contributed by atoms with Crippen molar-refractivity contribution in [1.82, 2.24) is 29.6 Å². The van der Waals surface area contributed by atoms with Crippen LogP contribution < -0.4 is 5.32 Å². The average Bonchev–Trinajstić information content (AvgIpc) is 3.53. The van der Waals surface area contributed by atoms with Crippen molar-refractivity contribution in [2.45, 2.75) is 18.9 Å². The van der Waals surface area contributed by atoms with E-state index in [2.05, 4.69) is 25.4 Å². The maximum absolute atomic E-state index is 13.1. The molecule has 2 amide bonds. The van der Waals surface area contributed by atoms with E-state index in [9.17, 15) is 9.59 Å². The first-order chi connectivity index (χ1) is 14.7. The van der Waals surface area contributed by atoms with Gasteiger partial charge in [-0.15, -0.1) is 0 Å². The van der Waals surface area contributed by atoms with Gasteiger partial charge in [0.15, 0.2) is 10.9 Å². The van der Waals surface area contributed by atoms with Crippen LogP contribution in [0.25, 0.3) is 16.0 Å². The third-order valence-electron chi connectivity index (χ3n) is 4.99. The summed E-state index contributed by atoms with van der Waals surface area (Å²) in [6.07, 6.45) is 5.85. The maximum atomic E-state index is 13.1. The van der Waals surface area contributed by atoms with E-state index >= 15 is 0 Å². The summed E-state index contributed by atoms with van der Waals surface area (Å²) in [5.41, 5.74) is 1.30. The number of pyridine rings is 1. The molecule has 1 aliphatic rings. The van der Waals surface area contributed by atoms with Crippen LogP contribution in [0.4, 0.5) is 5.13 Å². The number of amides is 2. The van der Waals surface area contributed by atoms with Crippen LogP contribution in [-0.2, 0) is 4.79 Å². The second-order valence-corrected chi connectivity index (χ2v) is 7.91. The lowest BCUT2D eigenvalue weighted by molar-refractivity contribution is -0.119. The predicted octanol–water partition coefficient (Wildman–Crippen LogP) is 2.52. The van der Waals surface area contributed by atoms with Crippen molar-refractivity contribution in [2.24, 2.45) is 0 Å². The highest BCUT2D eigenvalue weighted by Crippen LogP contribution is 2.27. The molecule has 4 aromatic rings. The summed E-state index contributed by atoms with van der Waals surface area (Å²) in [5, 5.41) is 7.46. The molecule has 4 heterocycles. The quantitative estimate of drug-likeness (QED) is 0.545. The van der Waals surface area contributed by atoms with Gasteiger partial charge < -0.3 is 10.2 Å². The monoisotopic (exact) mass is 419 g/mol. The minimum absolute atomic E-state index is 0.208. The first-order valence-corrected chi connectivity index (χ1v) is 10.3. The Hall–Kier alpha value is -3.66. The lowest BCUT2D eigenvalue weighted by Crippen LogP contribution is -2.43. The molecular weight excluding hydrogens is 402 g/mol. The molecule has 1 N–H and O–H groups in total. The van der Waals surface area contributed by atoms with E-state index in [0.29, 0.717) is 29.5 Å². The molecule has 0 aliphatic carbocycles. The third-order valence-corrected chi connectivity index (χ3v) is 5.94. The standard InChI is InChI=1S/C20H17N7O2S/c28-18(25-20-24-14-4-1-2-6-16(14)30-20)15-5-3-9-26(15)19(29)13-7-8-22-17(10-13)27-12-21-11-23-27/h1-2,4,6-8,10-12,15H,3,5,9H2,(H,24,25,28). The van der Waals surface area contributed by atoms with Gasteiger partial charge in [0.25, 0.3) is 5.91 Å². The number of anilines is 1. The number of carbonyl (C=O) groups is 2. The summed E-state index contributed by atoms with van der Waals surface area (Å²) in [6.45, 7) is 0.526. The maximum Gasteiger partial charge on any atom is 0.254 e. The van der Waals surface area contributed by atoms with Gasteiger partial charge in [0.1, 0.15) is 18.7 Å². The van der Waals surface area contributed by atoms with Crippen molar-refractivity contribution in [2.75, 3.05) is 11.9 Å². The lowest BCUT2D eigenvalue weighted by Gasteiger charge is -2.23. The highest BCUT2D eigenvalue weighted by molar-refractivity contribution is 7.22. The topological polar surface area (TPSA) is 106 Å². The molecule has 5 rings (SSSR count). The zero-order valence-electron chi connectivity index (χ0n) is 15.8. The van der Waals surface area contributed by atoms with Crippen LogP contribution in [0.5, 0.6) is 0 Å². The number of aromatic nitrogens is 5. The Morgan fingerprint density at radius 2 is 2.10 bits per heavy atom. The van der Waals surface area contributed by atoms with Crippen LogP contribution in [0.3, 0.4) is 0 Å². The van der Waals surface area contributed by atoms with Crippen molar-refractivity contribution in [1.29, 1.82) is 0 Å². The summed E-state index contributed by atoms with van der Waals surface area (Å²) in [5.74, 6) is 0.0687. The molecule has 0 bridgehead atoms. The number of nitrogens with one attached hydrogen (secondary N) is 1. The van der Waals surface area contributed by atoms with Gasteiger partial charge in [-0.05, 0) is 37.1 Å². The Labute approximate surface area is 175 Å². The molecule has 150 valence electrons. The number of likely N-dealkylation sites (tertiary alicyclic amines) is 1. The number of hydrogen-bond donors (Lipinski definition) is 1. The van der Waals surface area contributed by atoms with E-state index < -0.39 is 6.04 Å². The van der Waals surface area contributed by atoms with E-state index in [1.165, 1.54) is 28.7 Å². The van der Waals surface area contributed by atoms with Crippen molar-refractivity contribution < 1.29 is 9.59 Å². The zero-order valence-corrected chi connectivity index (χ0v) is 16.6. The third kappa shape index (κ3) is 3.41. The number of nitrogens with zero attached hydrogens (tertiary/aromatic N) is 6. The fourth-order valence-electron chi connectivity index (χ4n) is 3.57. The highest BCUT2D eigenvalue weighted by Gasteiger charge is 2.35. The fourth-order valence-corrected chi connectivity index (χ4v) is 4.43. The molecule has 1 aromatic carbocycles. The molecule has 0 saturated carbocycles. The first kappa shape index (κ1) is 18.4. The van der Waals surface area contributed by atoms with Crippen LogP contribution in [0, 0.1) is 0 Å². The minimum atomic E-state index is -0.535. The number of thiazole rings is 1. The molecule has 1 unspecified atom stereocenters. The zero-order chi connectivity index (χ0) is 20.5. The number of para-hydroxylation sites is 1. The number of rotatable bonds is 4. The van der Waals surface area contributed by atoms with Gasteiger partial charge in [0.2, 0.25) is 5.91 Å². The van der Waals surface area contributed by atoms with Crippen molar-refractivity contribution in [3.63, 3.8) is 0 Å². The second-order valence-electron chi connectivity index (χ2n) is 6.88. The van der Waals surface area contributed by atoms with Crippen molar-refractivity contribution in [3.8, 4) is 5.82 Å². The molecule has 3 aromatic heterocycles. The molecular formula is C20H17N7O2S. The van der Waals surface area contributed by atoms with Crippen LogP contribution in [0.2, 0.25) is 0 Å². The second kappa shape index (κ2) is 7.64. The smallest absolute Gasteiger partial charge is 0.254 e. The van der Waals surface area contributed by atoms with Gasteiger partial charge in [0, 0.05) is 18.3 Å². The Balaban J connectivity index is 1.35. The molecule has 9 nitrogen and oxygen atoms in total. The van der Waals surface area contributed by atoms with Crippen molar-refractivity contribution >= 4 is 38.5 Å². The minimum Gasteiger partial charge on any atom is -0.327 e. The van der Waals surface area contributed by atoms with E-state index in [1.54, 1.807) is 23.2 Å². The molecule has 1 atom stereocenters. The van der Waals surface area contributed by atoms with Crippen LogP contribution in [0.1, 0.15) is 23.2 Å². The molecule has 0 spiro atoms. The van der Waals surface area contributed by atoms with Gasteiger partial charge in [-0.2, -0.15) is 5.10 Å². The molecule has 1 aliphatic heterocycles. The van der Waals surface area contributed by atoms with E-state index in [4.69, 9.17) is 0 Å². The average molecular weight is 419 g/mol. The van der Waals surface area contributed by atoms with Crippen molar-refractivity contribution in [3.05, 3.63) is 60.8 Å². The number of benzene rings is 1. The summed E-state index contributed by atoms with van der Waals surface area (Å²) in [4.78, 5) is 40.2. The molecule has 0 radical (unpaired) electrons. The van der Waals surface area contributed by atoms with Gasteiger partial charge in [-0.25, -0.2) is 19.6 Å². The van der Waals surface area contributed by atoms with Crippen LogP contribution >= 0.6 is 11.3 Å². The summed E-state index contributed by atoms with van der Waals surface area (Å²) in [7, 11) is 0. The van der Waals surface area contributed by atoms with Crippen LogP contribution in [-0.4, -0.2) is 54.0 Å². The van der Waals surface area contributed by atoms with Gasteiger partial charge in [-0.3, -0.25) is 9.59 Å². The number of fused-ring (bicyclic) bond motifs is 1. The molecule has 30 heavy (non-hydrogen) atoms. The Morgan fingerprint density at radius 1 is 1.20 bits per heavy atom. The highest BCUT2D eigenvalue weighted by atomic mass is 32.1. The van der Waals surface area contributed by atoms with E-state index in [0.717, 1.165) is 16.6 Å². The summed E-state index contributed by atoms with van der Waals surface area (Å²) >= 11 is 1.42. The Morgan fingerprint density at radius 3 is 2.93 bits per heavy atom. The summed E-state index contributed by atoms with van der Waals surface area (Å²) in [6, 6.07) is 10.5. The first-order valence-electron chi connectivity index (χ1n) is 9.47. The molecule has 1 fully saturated rings. The van der Waals surface area contributed by atoms with E-state index in [1.807, 2.05) is 24.3 Å². The SMILES string of the molecule is O=C(Nc1nc2ccccc2s1)C1CCCN1C(=O)c1ccnc(-n2cncn2)c1. The predicted molar refractivity (Wildman–Crippen MR) is 111 cm³/mol. The Kier molecular flexibility index (Phi) is 4.68. The Bertz CT molecular complexity index is 1190. The lowest BCUT2D eigenvalue weighted by atomic mass is 10.1. The van der Waals surface area contributed by atoms with E-state index in [-0.39, 0.29) is 11.8 Å². The number of hydrogen-bond acceptors (Lipinski definition) is 7. The fraction of sp³-hybridized carbons (Fsp3) is 0.200. The summed E-state index contributed by atoms with van der Waals surface area (Å²) < 4.78 is 2.49. The van der Waals surface area contributed by atoms with Gasteiger partial charge in [0.05, 0.1) is 10.2 Å². The number of carbonyl (C=O) groups excluding carboxylic acids is 2. The van der Waals surface area contributed by atoms with Gasteiger partial charge in [-0.1, -0.05) is 23.5 Å². The van der Waals surface area contributed by atoms with Crippen LogP contribution in [0.15, 0.2) is 55.2 Å². The normalized spacial score (nSPS) is 16.1. The largest absolute Gasteiger partial charge is 0.327 e. The molecule has 1 saturated heterocycles. The van der Waals surface area contributed by atoms with Gasteiger partial charge >= 0.3 is 0 Å². The molecule has 10 heteroatoms.